The maximum absolute atomic E-state index is 6.02. The van der Waals surface area contributed by atoms with E-state index in [0.717, 1.165) is 64.6 Å². The quantitative estimate of drug-likeness (QED) is 0.356. The molecular weight excluding hydrogens is 384 g/mol. The van der Waals surface area contributed by atoms with E-state index in [1.165, 1.54) is 30.8 Å². The summed E-state index contributed by atoms with van der Waals surface area (Å²) in [6.45, 7) is 9.86. The van der Waals surface area contributed by atoms with Crippen LogP contribution in [-0.2, 0) is 9.47 Å². The summed E-state index contributed by atoms with van der Waals surface area (Å²) in [7, 11) is 1.74. The molecule has 6 nitrogen and oxygen atoms in total. The van der Waals surface area contributed by atoms with E-state index in [-0.39, 0.29) is 0 Å². The summed E-state index contributed by atoms with van der Waals surface area (Å²) in [5.41, 5.74) is 0. The molecule has 164 valence electrons. The molecule has 1 unspecified atom stereocenters. The van der Waals surface area contributed by atoms with Crippen molar-refractivity contribution in [2.45, 2.75) is 51.2 Å². The average molecular weight is 423 g/mol. The number of hydrogen-bond acceptors (Lipinski definition) is 5. The van der Waals surface area contributed by atoms with Gasteiger partial charge in [0.25, 0.3) is 0 Å². The lowest BCUT2D eigenvalue weighted by atomic mass is 10.1. The monoisotopic (exact) mass is 422 g/mol. The first-order valence-corrected chi connectivity index (χ1v) is 12.1. The minimum absolute atomic E-state index is 0.370. The van der Waals surface area contributed by atoms with Crippen molar-refractivity contribution < 1.29 is 9.47 Å². The fraction of sp³-hybridized carbons (Fsp3) is 0.773. The van der Waals surface area contributed by atoms with Crippen LogP contribution in [0.4, 0.5) is 0 Å². The molecule has 2 aliphatic heterocycles. The van der Waals surface area contributed by atoms with Gasteiger partial charge >= 0.3 is 0 Å². The Morgan fingerprint density at radius 3 is 2.69 bits per heavy atom. The number of methoxy groups -OCH3 is 1. The number of piperidine rings is 1. The molecule has 1 aromatic heterocycles. The molecule has 7 heteroatoms. The highest BCUT2D eigenvalue weighted by molar-refractivity contribution is 7.10. The van der Waals surface area contributed by atoms with Crippen LogP contribution in [0.15, 0.2) is 22.5 Å². The number of aliphatic imine (C=N–C) groups is 1. The van der Waals surface area contributed by atoms with Crippen molar-refractivity contribution in [1.82, 2.24) is 15.1 Å². The van der Waals surface area contributed by atoms with E-state index in [9.17, 15) is 0 Å². The van der Waals surface area contributed by atoms with Crippen molar-refractivity contribution in [1.29, 1.82) is 0 Å². The number of ether oxygens (including phenoxy) is 2. The highest BCUT2D eigenvalue weighted by Crippen LogP contribution is 2.28. The molecule has 1 aromatic rings. The number of rotatable bonds is 10. The molecule has 0 bridgehead atoms. The second-order valence-corrected chi connectivity index (χ2v) is 8.85. The Bertz CT molecular complexity index is 582. The smallest absolute Gasteiger partial charge is 0.193 e. The fourth-order valence-electron chi connectivity index (χ4n) is 4.21. The zero-order chi connectivity index (χ0) is 20.3. The molecule has 1 atom stereocenters. The third kappa shape index (κ3) is 6.95. The van der Waals surface area contributed by atoms with Gasteiger partial charge in [0.05, 0.1) is 18.7 Å². The summed E-state index contributed by atoms with van der Waals surface area (Å²) in [6.07, 6.45) is 6.10. The van der Waals surface area contributed by atoms with Crippen LogP contribution in [0.1, 0.15) is 49.9 Å². The molecule has 0 radical (unpaired) electrons. The predicted molar refractivity (Wildman–Crippen MR) is 121 cm³/mol. The molecule has 2 aliphatic rings. The van der Waals surface area contributed by atoms with Crippen molar-refractivity contribution in [2.75, 3.05) is 59.6 Å². The summed E-state index contributed by atoms with van der Waals surface area (Å²) in [6, 6.07) is 4.84. The van der Waals surface area contributed by atoms with E-state index in [4.69, 9.17) is 14.5 Å². The Hall–Kier alpha value is -1.15. The first-order chi connectivity index (χ1) is 14.3. The second kappa shape index (κ2) is 12.5. The van der Waals surface area contributed by atoms with Gasteiger partial charge in [-0.1, -0.05) is 6.07 Å². The van der Waals surface area contributed by atoms with Crippen molar-refractivity contribution in [3.8, 4) is 0 Å². The predicted octanol–water partition coefficient (Wildman–Crippen LogP) is 3.37. The summed E-state index contributed by atoms with van der Waals surface area (Å²) in [5.74, 6) is 1.06. The molecular formula is C22H38N4O2S. The van der Waals surface area contributed by atoms with E-state index in [1.54, 1.807) is 7.11 Å². The van der Waals surface area contributed by atoms with Gasteiger partial charge < -0.3 is 19.7 Å². The van der Waals surface area contributed by atoms with Crippen LogP contribution >= 0.6 is 11.3 Å². The molecule has 0 aliphatic carbocycles. The maximum Gasteiger partial charge on any atom is 0.193 e. The Morgan fingerprint density at radius 2 is 2.03 bits per heavy atom. The van der Waals surface area contributed by atoms with Crippen LogP contribution in [0.5, 0.6) is 0 Å². The minimum Gasteiger partial charge on any atom is -0.385 e. The molecule has 3 rings (SSSR count). The number of nitrogens with one attached hydrogen (secondary N) is 1. The molecule has 0 saturated carbocycles. The maximum atomic E-state index is 6.02. The summed E-state index contributed by atoms with van der Waals surface area (Å²) < 4.78 is 11.1. The Morgan fingerprint density at radius 1 is 1.24 bits per heavy atom. The summed E-state index contributed by atoms with van der Waals surface area (Å²) in [5, 5.41) is 5.71. The molecule has 0 spiro atoms. The standard InChI is InChI=1S/C22H38N4O2S/c1-3-23-22(26-13-9-19(10-14-26)28-16-7-15-27-2)24-18-20(21-8-6-17-29-21)25-11-4-5-12-25/h6,8,17,19-20H,3-5,7,9-16,18H2,1-2H3,(H,23,24). The molecule has 2 fully saturated rings. The average Bonchev–Trinajstić information content (AvgIpc) is 3.46. The van der Waals surface area contributed by atoms with Crippen LogP contribution in [0, 0.1) is 0 Å². The first-order valence-electron chi connectivity index (χ1n) is 11.2. The number of hydrogen-bond donors (Lipinski definition) is 1. The van der Waals surface area contributed by atoms with Crippen LogP contribution < -0.4 is 5.32 Å². The van der Waals surface area contributed by atoms with Crippen LogP contribution in [-0.4, -0.2) is 81.5 Å². The van der Waals surface area contributed by atoms with Crippen molar-refractivity contribution in [2.24, 2.45) is 4.99 Å². The molecule has 0 amide bonds. The van der Waals surface area contributed by atoms with Gasteiger partial charge in [-0.2, -0.15) is 0 Å². The van der Waals surface area contributed by atoms with E-state index in [1.807, 2.05) is 11.3 Å². The first kappa shape index (κ1) is 22.5. The van der Waals surface area contributed by atoms with Gasteiger partial charge in [0, 0.05) is 44.8 Å². The molecule has 0 aromatic carbocycles. The lowest BCUT2D eigenvalue weighted by molar-refractivity contribution is 0.00989. The fourth-order valence-corrected chi connectivity index (χ4v) is 5.06. The number of likely N-dealkylation sites (tertiary alicyclic amines) is 2. The molecule has 29 heavy (non-hydrogen) atoms. The Labute approximate surface area is 180 Å². The summed E-state index contributed by atoms with van der Waals surface area (Å²) >= 11 is 1.86. The van der Waals surface area contributed by atoms with Crippen molar-refractivity contribution in [3.05, 3.63) is 22.4 Å². The van der Waals surface area contributed by atoms with Gasteiger partial charge in [0.15, 0.2) is 5.96 Å². The number of nitrogens with zero attached hydrogens (tertiary/aromatic N) is 3. The van der Waals surface area contributed by atoms with Crippen LogP contribution in [0.3, 0.4) is 0 Å². The SMILES string of the molecule is CCNC(=NCC(c1cccs1)N1CCCC1)N1CCC(OCCCOC)CC1. The van der Waals surface area contributed by atoms with Crippen molar-refractivity contribution >= 4 is 17.3 Å². The van der Waals surface area contributed by atoms with E-state index >= 15 is 0 Å². The van der Waals surface area contributed by atoms with Gasteiger partial charge in [-0.3, -0.25) is 9.89 Å². The minimum atomic E-state index is 0.370. The van der Waals surface area contributed by atoms with Gasteiger partial charge in [-0.05, 0) is 63.6 Å². The van der Waals surface area contributed by atoms with Gasteiger partial charge in [-0.15, -0.1) is 11.3 Å². The van der Waals surface area contributed by atoms with Gasteiger partial charge in [-0.25, -0.2) is 0 Å². The second-order valence-electron chi connectivity index (χ2n) is 7.87. The topological polar surface area (TPSA) is 49.3 Å². The van der Waals surface area contributed by atoms with Crippen LogP contribution in [0.2, 0.25) is 0 Å². The number of thiophene rings is 1. The molecule has 3 heterocycles. The molecule has 2 saturated heterocycles. The lowest BCUT2D eigenvalue weighted by Crippen LogP contribution is -2.47. The van der Waals surface area contributed by atoms with Crippen molar-refractivity contribution in [3.63, 3.8) is 0 Å². The summed E-state index contributed by atoms with van der Waals surface area (Å²) in [4.78, 5) is 11.5. The Balaban J connectivity index is 1.55. The number of guanidine groups is 1. The van der Waals surface area contributed by atoms with E-state index in [2.05, 4.69) is 39.6 Å². The molecule has 1 N–H and O–H groups in total. The lowest BCUT2D eigenvalue weighted by Gasteiger charge is -2.34. The van der Waals surface area contributed by atoms with E-state index < -0.39 is 0 Å². The van der Waals surface area contributed by atoms with Gasteiger partial charge in [0.2, 0.25) is 0 Å². The largest absolute Gasteiger partial charge is 0.385 e. The van der Waals surface area contributed by atoms with Gasteiger partial charge in [0.1, 0.15) is 0 Å². The third-order valence-electron chi connectivity index (χ3n) is 5.79. The van der Waals surface area contributed by atoms with Crippen LogP contribution in [0.25, 0.3) is 0 Å². The normalized spacial score (nSPS) is 20.3. The zero-order valence-corrected chi connectivity index (χ0v) is 19.0. The van der Waals surface area contributed by atoms with E-state index in [0.29, 0.717) is 12.1 Å². The highest BCUT2D eigenvalue weighted by atomic mass is 32.1. The zero-order valence-electron chi connectivity index (χ0n) is 18.1. The highest BCUT2D eigenvalue weighted by Gasteiger charge is 2.26. The Kier molecular flexibility index (Phi) is 9.73. The third-order valence-corrected chi connectivity index (χ3v) is 6.76.